The van der Waals surface area contributed by atoms with Crippen LogP contribution < -0.4 is 14.2 Å². The molecule has 3 aromatic rings. The number of benzene rings is 3. The maximum Gasteiger partial charge on any atom is 0.415 e. The summed E-state index contributed by atoms with van der Waals surface area (Å²) < 4.78 is 23.4. The highest BCUT2D eigenvalue weighted by molar-refractivity contribution is 6.25. The Hall–Kier alpha value is -6.04. The Morgan fingerprint density at radius 1 is 0.736 bits per heavy atom. The molecule has 0 saturated carbocycles. The van der Waals surface area contributed by atoms with E-state index in [2.05, 4.69) is 0 Å². The van der Waals surface area contributed by atoms with Crippen molar-refractivity contribution in [2.45, 2.75) is 53.6 Å². The second-order valence-corrected chi connectivity index (χ2v) is 14.2. The van der Waals surface area contributed by atoms with E-state index in [1.165, 1.54) is 35.9 Å². The van der Waals surface area contributed by atoms with Gasteiger partial charge in [0.05, 0.1) is 5.56 Å². The fraction of sp³-hybridized carbons (Fsp3) is 0.317. The van der Waals surface area contributed by atoms with E-state index in [-0.39, 0.29) is 60.0 Å². The Balaban J connectivity index is 1.16. The number of fused-ring (bicyclic) bond motifs is 6. The number of hydrogen-bond donors (Lipinski definition) is 0. The lowest BCUT2D eigenvalue weighted by atomic mass is 9.71. The molecule has 0 saturated heterocycles. The largest absolute Gasteiger partial charge is 0.456 e. The van der Waals surface area contributed by atoms with E-state index >= 15 is 0 Å². The Morgan fingerprint density at radius 2 is 1.30 bits per heavy atom. The lowest BCUT2D eigenvalue weighted by Crippen LogP contribution is -2.40. The van der Waals surface area contributed by atoms with E-state index in [0.29, 0.717) is 44.5 Å². The molecule has 1 spiro atoms. The van der Waals surface area contributed by atoms with Gasteiger partial charge in [-0.1, -0.05) is 32.0 Å². The molecular weight excluding hydrogens is 680 g/mol. The molecule has 0 N–H and O–H groups in total. The smallest absolute Gasteiger partial charge is 0.415 e. The zero-order chi connectivity index (χ0) is 38.6. The molecule has 274 valence electrons. The van der Waals surface area contributed by atoms with Gasteiger partial charge in [-0.25, -0.2) is 9.59 Å². The quantitative estimate of drug-likeness (QED) is 0.148. The van der Waals surface area contributed by atoms with E-state index in [0.717, 1.165) is 0 Å². The molecule has 2 aliphatic heterocycles. The van der Waals surface area contributed by atoms with Gasteiger partial charge in [0, 0.05) is 97.1 Å². The fourth-order valence-electron chi connectivity index (χ4n) is 7.13. The normalized spacial score (nSPS) is 17.5. The van der Waals surface area contributed by atoms with E-state index in [1.54, 1.807) is 90.2 Å². The molecule has 12 nitrogen and oxygen atoms in total. The molecule has 0 radical (unpaired) electrons. The standard InChI is InChI=1S/C41H40N2O10/c1-22-23(2)37(47)35(24(3)36(22)46)40(5,6)21-34(45)42(7)17-18-43(8)39(49)51-27-14-16-31-33(20-27)52-32-19-26(50-25(4)44)13-15-30(32)41(31)29-12-10-9-11-28(29)38(48)53-41/h9-16,19-20H,17-18,21H2,1-8H3. The van der Waals surface area contributed by atoms with Crippen molar-refractivity contribution in [3.8, 4) is 23.0 Å². The lowest BCUT2D eigenvalue weighted by Gasteiger charge is -2.36. The van der Waals surface area contributed by atoms with Gasteiger partial charge in [-0.15, -0.1) is 0 Å². The number of rotatable bonds is 8. The van der Waals surface area contributed by atoms with Gasteiger partial charge >= 0.3 is 18.0 Å². The van der Waals surface area contributed by atoms with Crippen molar-refractivity contribution in [1.29, 1.82) is 0 Å². The van der Waals surface area contributed by atoms with Crippen LogP contribution in [0.15, 0.2) is 83.0 Å². The first-order valence-electron chi connectivity index (χ1n) is 17.1. The van der Waals surface area contributed by atoms with Crippen LogP contribution in [0.4, 0.5) is 4.79 Å². The zero-order valence-corrected chi connectivity index (χ0v) is 30.9. The van der Waals surface area contributed by atoms with Crippen molar-refractivity contribution >= 4 is 35.5 Å². The predicted molar refractivity (Wildman–Crippen MR) is 192 cm³/mol. The van der Waals surface area contributed by atoms with Crippen molar-refractivity contribution < 1.29 is 47.7 Å². The van der Waals surface area contributed by atoms with Crippen LogP contribution in [0, 0.1) is 5.41 Å². The first-order chi connectivity index (χ1) is 25.0. The van der Waals surface area contributed by atoms with Crippen molar-refractivity contribution in [3.63, 3.8) is 0 Å². The minimum Gasteiger partial charge on any atom is -0.456 e. The molecule has 1 atom stereocenters. The summed E-state index contributed by atoms with van der Waals surface area (Å²) in [5.41, 5.74) is 1.27. The van der Waals surface area contributed by atoms with Gasteiger partial charge in [0.15, 0.2) is 17.2 Å². The summed E-state index contributed by atoms with van der Waals surface area (Å²) in [6.45, 7) is 10.0. The van der Waals surface area contributed by atoms with E-state index < -0.39 is 29.0 Å². The van der Waals surface area contributed by atoms with Crippen molar-refractivity contribution in [3.05, 3.63) is 105 Å². The summed E-state index contributed by atoms with van der Waals surface area (Å²) in [4.78, 5) is 80.1. The number of likely N-dealkylation sites (N-methyl/N-ethyl adjacent to an activating group) is 2. The molecule has 1 unspecified atom stereocenters. The fourth-order valence-corrected chi connectivity index (χ4v) is 7.13. The van der Waals surface area contributed by atoms with E-state index in [9.17, 15) is 28.8 Å². The predicted octanol–water partition coefficient (Wildman–Crippen LogP) is 6.29. The number of Topliss-reactive ketones (excluding diaryl/α,β-unsaturated/α-hetero) is 2. The molecule has 2 heterocycles. The van der Waals surface area contributed by atoms with Crippen LogP contribution in [0.1, 0.15) is 75.0 Å². The van der Waals surface area contributed by atoms with Crippen LogP contribution >= 0.6 is 0 Å². The van der Waals surface area contributed by atoms with Gasteiger partial charge in [-0.2, -0.15) is 0 Å². The number of allylic oxidation sites excluding steroid dienone is 4. The third-order valence-corrected chi connectivity index (χ3v) is 10.1. The summed E-state index contributed by atoms with van der Waals surface area (Å²) in [6.07, 6.45) is -0.714. The topological polar surface area (TPSA) is 146 Å². The number of hydrogen-bond acceptors (Lipinski definition) is 10. The Bertz CT molecular complexity index is 2200. The van der Waals surface area contributed by atoms with Gasteiger partial charge in [-0.3, -0.25) is 19.2 Å². The highest BCUT2D eigenvalue weighted by atomic mass is 16.6. The number of ketones is 2. The summed E-state index contributed by atoms with van der Waals surface area (Å²) >= 11 is 0. The molecular formula is C41H40N2O10. The second kappa shape index (κ2) is 13.5. The van der Waals surface area contributed by atoms with Crippen molar-refractivity contribution in [2.24, 2.45) is 5.41 Å². The number of amides is 2. The molecule has 3 aliphatic rings. The van der Waals surface area contributed by atoms with E-state index in [4.69, 9.17) is 18.9 Å². The summed E-state index contributed by atoms with van der Waals surface area (Å²) in [5, 5.41) is 0. The Kier molecular flexibility index (Phi) is 9.36. The van der Waals surface area contributed by atoms with Crippen molar-refractivity contribution in [1.82, 2.24) is 9.80 Å². The monoisotopic (exact) mass is 720 g/mol. The van der Waals surface area contributed by atoms with Gasteiger partial charge in [0.2, 0.25) is 5.91 Å². The Labute approximate surface area is 306 Å². The number of ether oxygens (including phenoxy) is 4. The third-order valence-electron chi connectivity index (χ3n) is 10.1. The van der Waals surface area contributed by atoms with Gasteiger partial charge < -0.3 is 28.7 Å². The Morgan fingerprint density at radius 3 is 1.92 bits per heavy atom. The average molecular weight is 721 g/mol. The van der Waals surface area contributed by atoms with Crippen LogP contribution in [-0.4, -0.2) is 72.5 Å². The summed E-state index contributed by atoms with van der Waals surface area (Å²) in [6, 6.07) is 16.6. The van der Waals surface area contributed by atoms with Gasteiger partial charge in [0.25, 0.3) is 0 Å². The first-order valence-corrected chi connectivity index (χ1v) is 17.1. The molecule has 2 amide bonds. The minimum atomic E-state index is -1.38. The number of esters is 2. The van der Waals surface area contributed by atoms with E-state index in [1.807, 2.05) is 0 Å². The molecule has 3 aromatic carbocycles. The molecule has 1 aliphatic carbocycles. The lowest BCUT2D eigenvalue weighted by molar-refractivity contribution is -0.132. The molecule has 53 heavy (non-hydrogen) atoms. The molecule has 0 fully saturated rings. The number of carbonyl (C=O) groups is 6. The maximum atomic E-state index is 13.3. The highest BCUT2D eigenvalue weighted by Gasteiger charge is 2.53. The van der Waals surface area contributed by atoms with Crippen LogP contribution in [0.25, 0.3) is 0 Å². The maximum absolute atomic E-state index is 13.3. The van der Waals surface area contributed by atoms with Gasteiger partial charge in [-0.05, 0) is 51.1 Å². The van der Waals surface area contributed by atoms with Crippen LogP contribution in [0.2, 0.25) is 0 Å². The van der Waals surface area contributed by atoms with Crippen LogP contribution in [-0.2, 0) is 29.5 Å². The molecule has 12 heteroatoms. The number of carbonyl (C=O) groups excluding carboxylic acids is 6. The third kappa shape index (κ3) is 6.38. The minimum absolute atomic E-state index is 0.0163. The summed E-state index contributed by atoms with van der Waals surface area (Å²) in [7, 11) is 3.14. The molecule has 0 aromatic heterocycles. The van der Waals surface area contributed by atoms with Crippen LogP contribution in [0.3, 0.4) is 0 Å². The SMILES string of the molecule is CC(=O)Oc1ccc2c(c1)Oc1cc(OC(=O)N(C)CCN(C)C(=O)CC(C)(C)C3=C(C)C(=O)C(C)=C(C)C3=O)ccc1C21OC(=O)c2ccccc21. The molecule has 6 rings (SSSR count). The first kappa shape index (κ1) is 36.7. The zero-order valence-electron chi connectivity index (χ0n) is 30.9. The van der Waals surface area contributed by atoms with Crippen molar-refractivity contribution in [2.75, 3.05) is 27.2 Å². The summed E-state index contributed by atoms with van der Waals surface area (Å²) in [5.74, 6) is -0.790. The highest BCUT2D eigenvalue weighted by Crippen LogP contribution is 2.57. The average Bonchev–Trinajstić information content (AvgIpc) is 3.40. The number of nitrogens with zero attached hydrogens (tertiary/aromatic N) is 2. The second-order valence-electron chi connectivity index (χ2n) is 14.2. The molecule has 0 bridgehead atoms. The van der Waals surface area contributed by atoms with Crippen LogP contribution in [0.5, 0.6) is 23.0 Å². The van der Waals surface area contributed by atoms with Gasteiger partial charge in [0.1, 0.15) is 23.0 Å².